The van der Waals surface area contributed by atoms with Crippen LogP contribution in [0.5, 0.6) is 0 Å². The minimum absolute atomic E-state index is 0.0147. The molecule has 29 heavy (non-hydrogen) atoms. The number of carbonyl (C=O) groups excluding carboxylic acids is 1. The molecule has 0 aliphatic carbocycles. The Morgan fingerprint density at radius 2 is 1.79 bits per heavy atom. The Morgan fingerprint density at radius 1 is 1.03 bits per heavy atom. The maximum absolute atomic E-state index is 12.1. The number of aliphatic imine (C=N–C) groups is 1. The lowest BCUT2D eigenvalue weighted by Crippen LogP contribution is -2.05. The molecule has 2 heterocycles. The zero-order valence-electron chi connectivity index (χ0n) is 14.5. The van der Waals surface area contributed by atoms with Gasteiger partial charge in [0.25, 0.3) is 5.69 Å². The number of ether oxygens (including phenoxy) is 1. The number of nitro benzene ring substituents is 1. The molecule has 1 aliphatic heterocycles. The van der Waals surface area contributed by atoms with Crippen LogP contribution in [-0.2, 0) is 9.53 Å². The van der Waals surface area contributed by atoms with Gasteiger partial charge in [-0.1, -0.05) is 23.2 Å². The number of benzene rings is 2. The zero-order chi connectivity index (χ0) is 20.5. The standard InChI is InChI=1S/C20H10Cl2N2O5/c21-12-3-7-15(16(22)9-12)19-23-17(20(25)29-19)10-14-6-8-18(28-14)11-1-4-13(5-2-11)24(26)27/h1-10H/b17-10-. The molecular weight excluding hydrogens is 419 g/mol. The number of non-ortho nitro benzene ring substituents is 1. The second-order valence-corrected chi connectivity index (χ2v) is 6.81. The third kappa shape index (κ3) is 3.91. The molecule has 0 amide bonds. The molecule has 7 nitrogen and oxygen atoms in total. The van der Waals surface area contributed by atoms with E-state index in [4.69, 9.17) is 32.4 Å². The van der Waals surface area contributed by atoms with Gasteiger partial charge in [0.05, 0.1) is 15.5 Å². The van der Waals surface area contributed by atoms with E-state index in [0.29, 0.717) is 32.7 Å². The largest absolute Gasteiger partial charge is 0.457 e. The van der Waals surface area contributed by atoms with Gasteiger partial charge in [0.2, 0.25) is 5.90 Å². The molecule has 4 rings (SSSR count). The summed E-state index contributed by atoms with van der Waals surface area (Å²) in [5.74, 6) is 0.296. The minimum atomic E-state index is -0.640. The van der Waals surface area contributed by atoms with Crippen molar-refractivity contribution in [3.63, 3.8) is 0 Å². The van der Waals surface area contributed by atoms with Crippen LogP contribution < -0.4 is 0 Å². The summed E-state index contributed by atoms with van der Waals surface area (Å²) >= 11 is 12.0. The lowest BCUT2D eigenvalue weighted by Gasteiger charge is -2.02. The van der Waals surface area contributed by atoms with Gasteiger partial charge in [-0.2, -0.15) is 0 Å². The van der Waals surface area contributed by atoms with Gasteiger partial charge in [-0.3, -0.25) is 10.1 Å². The Morgan fingerprint density at radius 3 is 2.48 bits per heavy atom. The molecule has 0 saturated carbocycles. The highest BCUT2D eigenvalue weighted by molar-refractivity contribution is 6.37. The van der Waals surface area contributed by atoms with Crippen molar-refractivity contribution >= 4 is 46.8 Å². The Kier molecular flexibility index (Phi) is 4.92. The molecule has 0 fully saturated rings. The van der Waals surface area contributed by atoms with Crippen molar-refractivity contribution in [3.05, 3.63) is 91.8 Å². The van der Waals surface area contributed by atoms with Gasteiger partial charge in [-0.25, -0.2) is 9.79 Å². The molecule has 144 valence electrons. The number of hydrogen-bond acceptors (Lipinski definition) is 6. The van der Waals surface area contributed by atoms with Crippen LogP contribution in [-0.4, -0.2) is 16.8 Å². The molecule has 0 bridgehead atoms. The number of furan rings is 1. The first kappa shape index (κ1) is 18.9. The monoisotopic (exact) mass is 428 g/mol. The lowest BCUT2D eigenvalue weighted by atomic mass is 10.1. The van der Waals surface area contributed by atoms with Crippen LogP contribution in [0.3, 0.4) is 0 Å². The molecule has 1 aromatic heterocycles. The van der Waals surface area contributed by atoms with Crippen molar-refractivity contribution < 1.29 is 18.9 Å². The highest BCUT2D eigenvalue weighted by Crippen LogP contribution is 2.28. The predicted molar refractivity (Wildman–Crippen MR) is 108 cm³/mol. The summed E-state index contributed by atoms with van der Waals surface area (Å²) < 4.78 is 10.9. The van der Waals surface area contributed by atoms with E-state index in [1.165, 1.54) is 24.3 Å². The number of halogens is 2. The smallest absolute Gasteiger partial charge is 0.363 e. The minimum Gasteiger partial charge on any atom is -0.457 e. The van der Waals surface area contributed by atoms with Gasteiger partial charge in [0.15, 0.2) is 5.70 Å². The van der Waals surface area contributed by atoms with E-state index in [2.05, 4.69) is 4.99 Å². The van der Waals surface area contributed by atoms with Gasteiger partial charge in [0, 0.05) is 28.8 Å². The molecule has 0 atom stereocenters. The topological polar surface area (TPSA) is 94.9 Å². The van der Waals surface area contributed by atoms with E-state index in [0.717, 1.165) is 0 Å². The molecule has 3 aromatic rings. The van der Waals surface area contributed by atoms with Gasteiger partial charge in [-0.05, 0) is 42.5 Å². The fourth-order valence-electron chi connectivity index (χ4n) is 2.65. The Bertz CT molecular complexity index is 1200. The van der Waals surface area contributed by atoms with Crippen LogP contribution in [0.2, 0.25) is 10.0 Å². The first-order valence-electron chi connectivity index (χ1n) is 8.23. The maximum atomic E-state index is 12.1. The van der Waals surface area contributed by atoms with Crippen molar-refractivity contribution in [2.75, 3.05) is 0 Å². The van der Waals surface area contributed by atoms with Crippen LogP contribution in [0.25, 0.3) is 17.4 Å². The number of hydrogen-bond donors (Lipinski definition) is 0. The Labute approximate surface area is 174 Å². The van der Waals surface area contributed by atoms with Crippen molar-refractivity contribution in [2.45, 2.75) is 0 Å². The Balaban J connectivity index is 1.60. The second-order valence-electron chi connectivity index (χ2n) is 5.97. The third-order valence-electron chi connectivity index (χ3n) is 4.05. The average Bonchev–Trinajstić information content (AvgIpc) is 3.29. The number of nitro groups is 1. The molecule has 2 aromatic carbocycles. The summed E-state index contributed by atoms with van der Waals surface area (Å²) in [6.45, 7) is 0. The summed E-state index contributed by atoms with van der Waals surface area (Å²) in [5, 5.41) is 11.5. The van der Waals surface area contributed by atoms with Crippen LogP contribution in [0.15, 0.2) is 69.7 Å². The van der Waals surface area contributed by atoms with E-state index in [1.54, 1.807) is 36.4 Å². The molecule has 0 unspecified atom stereocenters. The van der Waals surface area contributed by atoms with Gasteiger partial charge in [0.1, 0.15) is 11.5 Å². The van der Waals surface area contributed by atoms with Gasteiger partial charge in [-0.15, -0.1) is 0 Å². The van der Waals surface area contributed by atoms with Crippen LogP contribution >= 0.6 is 23.2 Å². The highest BCUT2D eigenvalue weighted by Gasteiger charge is 2.26. The number of rotatable bonds is 4. The van der Waals surface area contributed by atoms with Crippen molar-refractivity contribution in [3.8, 4) is 11.3 Å². The van der Waals surface area contributed by atoms with Gasteiger partial charge >= 0.3 is 5.97 Å². The van der Waals surface area contributed by atoms with E-state index in [9.17, 15) is 14.9 Å². The number of cyclic esters (lactones) is 1. The molecule has 9 heteroatoms. The molecule has 0 saturated heterocycles. The molecule has 0 N–H and O–H groups in total. The first-order chi connectivity index (χ1) is 13.9. The van der Waals surface area contributed by atoms with Crippen molar-refractivity contribution in [1.82, 2.24) is 0 Å². The fourth-order valence-corrected chi connectivity index (χ4v) is 3.14. The van der Waals surface area contributed by atoms with E-state index >= 15 is 0 Å². The summed E-state index contributed by atoms with van der Waals surface area (Å²) in [4.78, 5) is 26.6. The molecule has 0 spiro atoms. The van der Waals surface area contributed by atoms with Crippen LogP contribution in [0.1, 0.15) is 11.3 Å². The second kappa shape index (κ2) is 7.54. The SMILES string of the molecule is O=C1OC(c2ccc(Cl)cc2Cl)=N/C1=C\c1ccc(-c2ccc([N+](=O)[O-])cc2)o1. The van der Waals surface area contributed by atoms with E-state index in [1.807, 2.05) is 0 Å². The van der Waals surface area contributed by atoms with Crippen molar-refractivity contribution in [2.24, 2.45) is 4.99 Å². The summed E-state index contributed by atoms with van der Waals surface area (Å²) in [7, 11) is 0. The van der Waals surface area contributed by atoms with Crippen molar-refractivity contribution in [1.29, 1.82) is 0 Å². The van der Waals surface area contributed by atoms with E-state index < -0.39 is 10.9 Å². The zero-order valence-corrected chi connectivity index (χ0v) is 16.0. The highest BCUT2D eigenvalue weighted by atomic mass is 35.5. The average molecular weight is 429 g/mol. The number of carbonyl (C=O) groups is 1. The predicted octanol–water partition coefficient (Wildman–Crippen LogP) is 5.51. The Hall–Kier alpha value is -3.42. The number of nitrogens with zero attached hydrogens (tertiary/aromatic N) is 2. The first-order valence-corrected chi connectivity index (χ1v) is 8.99. The quantitative estimate of drug-likeness (QED) is 0.236. The van der Waals surface area contributed by atoms with Gasteiger partial charge < -0.3 is 9.15 Å². The number of esters is 1. The summed E-state index contributed by atoms with van der Waals surface area (Å²) in [5.41, 5.74) is 1.14. The molecular formula is C20H10Cl2N2O5. The van der Waals surface area contributed by atoms with Crippen LogP contribution in [0, 0.1) is 10.1 Å². The normalized spacial score (nSPS) is 14.8. The molecule has 1 aliphatic rings. The maximum Gasteiger partial charge on any atom is 0.363 e. The lowest BCUT2D eigenvalue weighted by molar-refractivity contribution is -0.384. The molecule has 0 radical (unpaired) electrons. The summed E-state index contributed by atoms with van der Waals surface area (Å²) in [6.07, 6.45) is 1.44. The third-order valence-corrected chi connectivity index (χ3v) is 4.60. The van der Waals surface area contributed by atoms with Crippen LogP contribution in [0.4, 0.5) is 5.69 Å². The fraction of sp³-hybridized carbons (Fsp3) is 0. The van der Waals surface area contributed by atoms with E-state index in [-0.39, 0.29) is 17.3 Å². The summed E-state index contributed by atoms with van der Waals surface area (Å²) in [6, 6.07) is 14.0.